The predicted molar refractivity (Wildman–Crippen MR) is 98.7 cm³/mol. The molecular formula is C21H25NO4. The van der Waals surface area contributed by atoms with Gasteiger partial charge in [-0.2, -0.15) is 0 Å². The van der Waals surface area contributed by atoms with Gasteiger partial charge in [0.05, 0.1) is 24.0 Å². The van der Waals surface area contributed by atoms with Crippen LogP contribution in [0.3, 0.4) is 0 Å². The highest BCUT2D eigenvalue weighted by Gasteiger charge is 2.52. The molecule has 4 rings (SSSR count). The van der Waals surface area contributed by atoms with Crippen LogP contribution < -0.4 is 4.74 Å². The molecule has 2 heterocycles. The Balaban J connectivity index is 1.63. The summed E-state index contributed by atoms with van der Waals surface area (Å²) in [6, 6.07) is 7.78. The number of nitrogens with zero attached hydrogens (tertiary/aromatic N) is 1. The molecule has 3 aliphatic rings. The van der Waals surface area contributed by atoms with Gasteiger partial charge in [-0.25, -0.2) is 0 Å². The van der Waals surface area contributed by atoms with Crippen LogP contribution in [0.2, 0.25) is 0 Å². The lowest BCUT2D eigenvalue weighted by atomic mass is 9.79. The summed E-state index contributed by atoms with van der Waals surface area (Å²) in [5.74, 6) is 0.790. The number of para-hydroxylation sites is 1. The first-order valence-corrected chi connectivity index (χ1v) is 9.20. The molecule has 1 saturated carbocycles. The number of benzene rings is 1. The Hall–Kier alpha value is -2.11. The van der Waals surface area contributed by atoms with Crippen molar-refractivity contribution in [3.8, 4) is 5.75 Å². The van der Waals surface area contributed by atoms with E-state index in [4.69, 9.17) is 14.2 Å². The quantitative estimate of drug-likeness (QED) is 0.836. The number of amides is 1. The van der Waals surface area contributed by atoms with E-state index in [0.29, 0.717) is 12.1 Å². The van der Waals surface area contributed by atoms with Crippen molar-refractivity contribution < 1.29 is 19.0 Å². The van der Waals surface area contributed by atoms with E-state index in [1.807, 2.05) is 35.2 Å². The van der Waals surface area contributed by atoms with E-state index in [-0.39, 0.29) is 23.7 Å². The summed E-state index contributed by atoms with van der Waals surface area (Å²) in [5, 5.41) is 0. The van der Waals surface area contributed by atoms with Crippen LogP contribution in [0.5, 0.6) is 5.75 Å². The summed E-state index contributed by atoms with van der Waals surface area (Å²) in [7, 11) is 3.51. The summed E-state index contributed by atoms with van der Waals surface area (Å²) in [4.78, 5) is 15.3. The van der Waals surface area contributed by atoms with E-state index in [1.54, 1.807) is 26.6 Å². The third-order valence-corrected chi connectivity index (χ3v) is 6.06. The zero-order valence-electron chi connectivity index (χ0n) is 15.3. The lowest BCUT2D eigenvalue weighted by molar-refractivity contribution is -0.136. The first-order chi connectivity index (χ1) is 12.7. The summed E-state index contributed by atoms with van der Waals surface area (Å²) >= 11 is 0. The Morgan fingerprint density at radius 3 is 2.92 bits per heavy atom. The van der Waals surface area contributed by atoms with Gasteiger partial charge in [0.2, 0.25) is 0 Å². The monoisotopic (exact) mass is 355 g/mol. The second-order valence-electron chi connectivity index (χ2n) is 7.22. The molecule has 26 heavy (non-hydrogen) atoms. The summed E-state index contributed by atoms with van der Waals surface area (Å²) in [6.07, 6.45) is 9.04. The molecule has 3 atom stereocenters. The van der Waals surface area contributed by atoms with E-state index < -0.39 is 0 Å². The summed E-state index contributed by atoms with van der Waals surface area (Å²) in [6.45, 7) is 0.710. The van der Waals surface area contributed by atoms with Gasteiger partial charge in [-0.15, -0.1) is 0 Å². The highest BCUT2D eigenvalue weighted by molar-refractivity contribution is 6.01. The Labute approximate surface area is 154 Å². The van der Waals surface area contributed by atoms with Crippen LogP contribution >= 0.6 is 0 Å². The molecule has 0 spiro atoms. The van der Waals surface area contributed by atoms with Crippen molar-refractivity contribution >= 4 is 12.0 Å². The van der Waals surface area contributed by atoms with Crippen LogP contribution in [0.15, 0.2) is 42.2 Å². The van der Waals surface area contributed by atoms with Crippen LogP contribution in [0.25, 0.3) is 6.08 Å². The van der Waals surface area contributed by atoms with Gasteiger partial charge in [0.1, 0.15) is 5.75 Å². The van der Waals surface area contributed by atoms with Crippen LogP contribution in [0.1, 0.15) is 31.2 Å². The Morgan fingerprint density at radius 1 is 1.27 bits per heavy atom. The first-order valence-electron chi connectivity index (χ1n) is 9.20. The third-order valence-electron chi connectivity index (χ3n) is 6.06. The molecule has 1 saturated heterocycles. The van der Waals surface area contributed by atoms with Gasteiger partial charge in [0, 0.05) is 31.9 Å². The maximum atomic E-state index is 13.3. The zero-order chi connectivity index (χ0) is 18.1. The van der Waals surface area contributed by atoms with Gasteiger partial charge < -0.3 is 19.1 Å². The highest BCUT2D eigenvalue weighted by atomic mass is 16.5. The van der Waals surface area contributed by atoms with Crippen LogP contribution in [-0.4, -0.2) is 49.3 Å². The van der Waals surface area contributed by atoms with Crippen molar-refractivity contribution in [3.05, 3.63) is 47.7 Å². The van der Waals surface area contributed by atoms with Gasteiger partial charge in [-0.05, 0) is 43.9 Å². The fourth-order valence-electron chi connectivity index (χ4n) is 4.52. The molecule has 1 amide bonds. The van der Waals surface area contributed by atoms with Crippen LogP contribution in [0.4, 0.5) is 0 Å². The number of rotatable bonds is 3. The topological polar surface area (TPSA) is 48.0 Å². The number of hydrogen-bond acceptors (Lipinski definition) is 4. The molecule has 1 aromatic carbocycles. The fraction of sp³-hybridized carbons (Fsp3) is 0.476. The number of ether oxygens (including phenoxy) is 3. The molecular weight excluding hydrogens is 330 g/mol. The molecule has 0 bridgehead atoms. The van der Waals surface area contributed by atoms with Gasteiger partial charge in [-0.1, -0.05) is 18.2 Å². The molecule has 0 radical (unpaired) electrons. The van der Waals surface area contributed by atoms with Crippen LogP contribution in [-0.2, 0) is 14.3 Å². The summed E-state index contributed by atoms with van der Waals surface area (Å²) < 4.78 is 17.1. The standard InChI is InChI=1S/C21H25NO4/c1-24-17-7-9-21(25-2)10-11-22(19(21)14-17)20(23)16-8-12-26-18-6-4-3-5-15(18)13-16/h3-6,8,12-13,17,19H,7,9-11,14H2,1-2H3/t17-,19+,21-/m1/s1. The highest BCUT2D eigenvalue weighted by Crippen LogP contribution is 2.43. The van der Waals surface area contributed by atoms with Crippen molar-refractivity contribution in [2.45, 2.75) is 43.4 Å². The number of fused-ring (bicyclic) bond motifs is 2. The van der Waals surface area contributed by atoms with Crippen molar-refractivity contribution in [1.29, 1.82) is 0 Å². The fourth-order valence-corrected chi connectivity index (χ4v) is 4.52. The maximum absolute atomic E-state index is 13.3. The molecule has 138 valence electrons. The Kier molecular flexibility index (Phi) is 4.59. The van der Waals surface area contributed by atoms with Crippen molar-refractivity contribution in [2.24, 2.45) is 0 Å². The average molecular weight is 355 g/mol. The lowest BCUT2D eigenvalue weighted by Crippen LogP contribution is -2.53. The van der Waals surface area contributed by atoms with Gasteiger partial charge >= 0.3 is 0 Å². The maximum Gasteiger partial charge on any atom is 0.254 e. The Morgan fingerprint density at radius 2 is 2.12 bits per heavy atom. The number of likely N-dealkylation sites (tertiary alicyclic amines) is 1. The lowest BCUT2D eigenvalue weighted by Gasteiger charge is -2.43. The second-order valence-corrected chi connectivity index (χ2v) is 7.22. The molecule has 1 aliphatic carbocycles. The number of methoxy groups -OCH3 is 2. The van der Waals surface area contributed by atoms with Crippen molar-refractivity contribution in [3.63, 3.8) is 0 Å². The number of hydrogen-bond donors (Lipinski definition) is 0. The van der Waals surface area contributed by atoms with Crippen molar-refractivity contribution in [1.82, 2.24) is 4.90 Å². The van der Waals surface area contributed by atoms with Crippen molar-refractivity contribution in [2.75, 3.05) is 20.8 Å². The first kappa shape index (κ1) is 17.3. The molecule has 0 aromatic heterocycles. The minimum atomic E-state index is -0.242. The van der Waals surface area contributed by atoms with Gasteiger partial charge in [0.25, 0.3) is 5.91 Å². The largest absolute Gasteiger partial charge is 0.464 e. The molecule has 0 unspecified atom stereocenters. The second kappa shape index (κ2) is 6.89. The normalized spacial score (nSPS) is 30.1. The molecule has 2 fully saturated rings. The zero-order valence-corrected chi connectivity index (χ0v) is 15.3. The number of carbonyl (C=O) groups excluding carboxylic acids is 1. The Bertz CT molecular complexity index is 756. The molecule has 5 nitrogen and oxygen atoms in total. The molecule has 5 heteroatoms. The van der Waals surface area contributed by atoms with E-state index in [9.17, 15) is 4.79 Å². The van der Waals surface area contributed by atoms with E-state index in [1.165, 1.54) is 0 Å². The minimum absolute atomic E-state index is 0.0298. The number of carbonyl (C=O) groups is 1. The van der Waals surface area contributed by atoms with E-state index in [2.05, 4.69) is 0 Å². The third kappa shape index (κ3) is 2.85. The minimum Gasteiger partial charge on any atom is -0.464 e. The van der Waals surface area contributed by atoms with E-state index >= 15 is 0 Å². The molecule has 1 aromatic rings. The summed E-state index contributed by atoms with van der Waals surface area (Å²) in [5.41, 5.74) is 1.31. The average Bonchev–Trinajstić information content (AvgIpc) is 2.92. The van der Waals surface area contributed by atoms with Crippen LogP contribution in [0, 0.1) is 0 Å². The predicted octanol–water partition coefficient (Wildman–Crippen LogP) is 3.16. The van der Waals surface area contributed by atoms with Gasteiger partial charge in [0.15, 0.2) is 0 Å². The molecule has 2 aliphatic heterocycles. The smallest absolute Gasteiger partial charge is 0.254 e. The van der Waals surface area contributed by atoms with E-state index in [0.717, 1.165) is 37.0 Å². The van der Waals surface area contributed by atoms with Gasteiger partial charge in [-0.3, -0.25) is 4.79 Å². The SMILES string of the molecule is CO[C@@H]1CC[C@@]2(OC)CCN(C(=O)C3=Cc4ccccc4OC=C3)[C@H]2C1. The molecule has 0 N–H and O–H groups in total.